The Bertz CT molecular complexity index is 558. The molecule has 0 fully saturated rings. The van der Waals surface area contributed by atoms with Gasteiger partial charge >= 0.3 is 0 Å². The van der Waals surface area contributed by atoms with Crippen LogP contribution in [-0.4, -0.2) is 33.4 Å². The molecule has 0 aromatic heterocycles. The van der Waals surface area contributed by atoms with Crippen LogP contribution >= 0.6 is 0 Å². The number of nitrogens with two attached hydrogens (primary N) is 1. The molecular weight excluding hydrogens is 250 g/mol. The van der Waals surface area contributed by atoms with Gasteiger partial charge in [-0.1, -0.05) is 24.0 Å². The van der Waals surface area contributed by atoms with Crippen LogP contribution in [-0.2, 0) is 16.8 Å². The molecule has 0 aliphatic carbocycles. The highest BCUT2D eigenvalue weighted by Gasteiger charge is 2.14. The minimum absolute atomic E-state index is 0.293. The summed E-state index contributed by atoms with van der Waals surface area (Å²) in [6.07, 6.45) is 0. The third kappa shape index (κ3) is 4.13. The van der Waals surface area contributed by atoms with E-state index in [1.165, 1.54) is 18.4 Å². The van der Waals surface area contributed by atoms with Crippen LogP contribution < -0.4 is 10.5 Å². The zero-order valence-corrected chi connectivity index (χ0v) is 11.3. The summed E-state index contributed by atoms with van der Waals surface area (Å²) >= 11 is 0. The van der Waals surface area contributed by atoms with Crippen molar-refractivity contribution < 1.29 is 8.42 Å². The highest BCUT2D eigenvalue weighted by atomic mass is 32.2. The Labute approximate surface area is 108 Å². The van der Waals surface area contributed by atoms with Crippen molar-refractivity contribution in [1.29, 1.82) is 0 Å². The average Bonchev–Trinajstić information content (AvgIpc) is 2.36. The number of hydrogen-bond donors (Lipinski definition) is 2. The van der Waals surface area contributed by atoms with Crippen molar-refractivity contribution in [1.82, 2.24) is 9.03 Å². The zero-order chi connectivity index (χ0) is 13.6. The molecule has 6 heteroatoms. The van der Waals surface area contributed by atoms with Gasteiger partial charge in [0.25, 0.3) is 10.2 Å². The Morgan fingerprint density at radius 2 is 2.17 bits per heavy atom. The maximum absolute atomic E-state index is 11.5. The van der Waals surface area contributed by atoms with Gasteiger partial charge in [0.05, 0.1) is 6.54 Å². The molecule has 0 aliphatic heterocycles. The molecule has 0 saturated heterocycles. The van der Waals surface area contributed by atoms with Gasteiger partial charge < -0.3 is 5.73 Å². The molecule has 1 aromatic rings. The van der Waals surface area contributed by atoms with Crippen LogP contribution in [0.15, 0.2) is 24.3 Å². The Kier molecular flexibility index (Phi) is 5.31. The largest absolute Gasteiger partial charge is 0.320 e. The van der Waals surface area contributed by atoms with Crippen molar-refractivity contribution >= 4 is 10.2 Å². The van der Waals surface area contributed by atoms with Crippen molar-refractivity contribution in [3.8, 4) is 11.8 Å². The van der Waals surface area contributed by atoms with Gasteiger partial charge in [-0.3, -0.25) is 0 Å². The lowest BCUT2D eigenvalue weighted by Crippen LogP contribution is -2.35. The standard InChI is InChI=1S/C12H17N3O2S/c1-14-18(16,17)15(2)10-12-6-3-5-11(9-12)7-4-8-13/h3,5-6,9,14H,8,10,13H2,1-2H3. The van der Waals surface area contributed by atoms with Crippen LogP contribution in [0.1, 0.15) is 11.1 Å². The summed E-state index contributed by atoms with van der Waals surface area (Å²) in [7, 11) is -0.497. The average molecular weight is 267 g/mol. The molecule has 0 aliphatic rings. The Balaban J connectivity index is 2.86. The quantitative estimate of drug-likeness (QED) is 0.748. The van der Waals surface area contributed by atoms with Gasteiger partial charge in [-0.25, -0.2) is 4.72 Å². The summed E-state index contributed by atoms with van der Waals surface area (Å²) in [4.78, 5) is 0. The van der Waals surface area contributed by atoms with E-state index in [2.05, 4.69) is 16.6 Å². The van der Waals surface area contributed by atoms with Gasteiger partial charge in [0.1, 0.15) is 0 Å². The second-order valence-corrected chi connectivity index (χ2v) is 5.65. The van der Waals surface area contributed by atoms with Crippen molar-refractivity contribution in [2.45, 2.75) is 6.54 Å². The van der Waals surface area contributed by atoms with Crippen LogP contribution in [0.5, 0.6) is 0 Å². The third-order valence-electron chi connectivity index (χ3n) is 2.34. The molecule has 0 unspecified atom stereocenters. The van der Waals surface area contributed by atoms with E-state index in [9.17, 15) is 8.42 Å². The molecular formula is C12H17N3O2S. The SMILES string of the molecule is CNS(=O)(=O)N(C)Cc1cccc(C#CCN)c1. The summed E-state index contributed by atoms with van der Waals surface area (Å²) in [5, 5.41) is 0. The fourth-order valence-corrected chi connectivity index (χ4v) is 2.03. The molecule has 5 nitrogen and oxygen atoms in total. The summed E-state index contributed by atoms with van der Waals surface area (Å²) in [5.41, 5.74) is 7.00. The fraction of sp³-hybridized carbons (Fsp3) is 0.333. The van der Waals surface area contributed by atoms with Crippen molar-refractivity contribution in [2.75, 3.05) is 20.6 Å². The number of hydrogen-bond acceptors (Lipinski definition) is 3. The van der Waals surface area contributed by atoms with Crippen LogP contribution in [0.2, 0.25) is 0 Å². The van der Waals surface area contributed by atoms with E-state index in [-0.39, 0.29) is 0 Å². The van der Waals surface area contributed by atoms with Gasteiger partial charge in [-0.05, 0) is 17.7 Å². The Hall–Kier alpha value is -1.39. The summed E-state index contributed by atoms with van der Waals surface area (Å²) in [6, 6.07) is 7.41. The number of rotatable bonds is 4. The highest BCUT2D eigenvalue weighted by Crippen LogP contribution is 2.08. The molecule has 1 rings (SSSR count). The molecule has 0 radical (unpaired) electrons. The summed E-state index contributed by atoms with van der Waals surface area (Å²) in [6.45, 7) is 0.597. The fourth-order valence-electron chi connectivity index (χ4n) is 1.40. The molecule has 0 atom stereocenters. The first-order valence-corrected chi connectivity index (χ1v) is 6.86. The first-order valence-electron chi connectivity index (χ1n) is 5.42. The predicted molar refractivity (Wildman–Crippen MR) is 71.8 cm³/mol. The van der Waals surface area contributed by atoms with Crippen molar-refractivity contribution in [2.24, 2.45) is 5.73 Å². The van der Waals surface area contributed by atoms with Crippen LogP contribution in [0.3, 0.4) is 0 Å². The summed E-state index contributed by atoms with van der Waals surface area (Å²) in [5.74, 6) is 5.67. The Morgan fingerprint density at radius 3 is 2.78 bits per heavy atom. The molecule has 0 saturated carbocycles. The van der Waals surface area contributed by atoms with Gasteiger partial charge in [0, 0.05) is 26.2 Å². The number of nitrogens with zero attached hydrogens (tertiary/aromatic N) is 1. The van der Waals surface area contributed by atoms with E-state index in [0.29, 0.717) is 13.1 Å². The van der Waals surface area contributed by atoms with Gasteiger partial charge in [-0.2, -0.15) is 12.7 Å². The minimum atomic E-state index is -3.40. The molecule has 18 heavy (non-hydrogen) atoms. The smallest absolute Gasteiger partial charge is 0.279 e. The topological polar surface area (TPSA) is 75.4 Å². The third-order valence-corrected chi connectivity index (χ3v) is 3.80. The van der Waals surface area contributed by atoms with Crippen LogP contribution in [0, 0.1) is 11.8 Å². The molecule has 98 valence electrons. The second kappa shape index (κ2) is 6.52. The lowest BCUT2D eigenvalue weighted by atomic mass is 10.1. The van der Waals surface area contributed by atoms with Gasteiger partial charge in [-0.15, -0.1) is 0 Å². The number of nitrogens with one attached hydrogen (secondary N) is 1. The maximum atomic E-state index is 11.5. The first kappa shape index (κ1) is 14.7. The Morgan fingerprint density at radius 1 is 1.44 bits per heavy atom. The highest BCUT2D eigenvalue weighted by molar-refractivity contribution is 7.87. The first-order chi connectivity index (χ1) is 8.49. The van der Waals surface area contributed by atoms with E-state index in [4.69, 9.17) is 5.73 Å². The van der Waals surface area contributed by atoms with Gasteiger partial charge in [0.2, 0.25) is 0 Å². The molecule has 0 spiro atoms. The number of benzene rings is 1. The zero-order valence-electron chi connectivity index (χ0n) is 10.5. The summed E-state index contributed by atoms with van der Waals surface area (Å²) < 4.78 is 26.6. The van der Waals surface area contributed by atoms with E-state index in [1.54, 1.807) is 0 Å². The lowest BCUT2D eigenvalue weighted by Gasteiger charge is -2.16. The van der Waals surface area contributed by atoms with Crippen LogP contribution in [0.25, 0.3) is 0 Å². The predicted octanol–water partition coefficient (Wildman–Crippen LogP) is -0.107. The van der Waals surface area contributed by atoms with E-state index in [0.717, 1.165) is 11.1 Å². The van der Waals surface area contributed by atoms with E-state index >= 15 is 0 Å². The minimum Gasteiger partial charge on any atom is -0.320 e. The molecule has 3 N–H and O–H groups in total. The van der Waals surface area contributed by atoms with Crippen molar-refractivity contribution in [3.05, 3.63) is 35.4 Å². The van der Waals surface area contributed by atoms with Crippen LogP contribution in [0.4, 0.5) is 0 Å². The molecule has 1 aromatic carbocycles. The molecule has 0 heterocycles. The monoisotopic (exact) mass is 267 g/mol. The van der Waals surface area contributed by atoms with E-state index in [1.807, 2.05) is 24.3 Å². The maximum Gasteiger partial charge on any atom is 0.279 e. The van der Waals surface area contributed by atoms with E-state index < -0.39 is 10.2 Å². The molecule has 0 amide bonds. The molecule has 0 bridgehead atoms. The normalized spacial score (nSPS) is 11.1. The second-order valence-electron chi connectivity index (χ2n) is 3.67. The van der Waals surface area contributed by atoms with Gasteiger partial charge in [0.15, 0.2) is 0 Å². The lowest BCUT2D eigenvalue weighted by molar-refractivity contribution is 0.459. The van der Waals surface area contributed by atoms with Crippen molar-refractivity contribution in [3.63, 3.8) is 0 Å².